The lowest BCUT2D eigenvalue weighted by atomic mass is 10.1. The molecule has 4 nitrogen and oxygen atoms in total. The summed E-state index contributed by atoms with van der Waals surface area (Å²) in [5.74, 6) is 0.149. The van der Waals surface area contributed by atoms with Gasteiger partial charge in [0.15, 0.2) is 0 Å². The van der Waals surface area contributed by atoms with Gasteiger partial charge in [0.05, 0.1) is 11.1 Å². The number of nitrogens with zero attached hydrogens (tertiary/aromatic N) is 2. The van der Waals surface area contributed by atoms with Gasteiger partial charge in [-0.3, -0.25) is 4.79 Å². The van der Waals surface area contributed by atoms with Crippen molar-refractivity contribution in [2.24, 2.45) is 0 Å². The van der Waals surface area contributed by atoms with Crippen LogP contribution in [0.1, 0.15) is 15.9 Å². The van der Waals surface area contributed by atoms with Crippen LogP contribution >= 0.6 is 11.6 Å². The molecule has 0 aliphatic heterocycles. The third-order valence-electron chi connectivity index (χ3n) is 3.08. The Morgan fingerprint density at radius 2 is 2.05 bits per heavy atom. The molecule has 0 saturated carbocycles. The Hall–Kier alpha value is -2.46. The van der Waals surface area contributed by atoms with Crippen LogP contribution in [0.4, 0.5) is 5.82 Å². The van der Waals surface area contributed by atoms with Crippen molar-refractivity contribution in [3.63, 3.8) is 0 Å². The van der Waals surface area contributed by atoms with E-state index in [4.69, 9.17) is 11.6 Å². The summed E-state index contributed by atoms with van der Waals surface area (Å²) in [4.78, 5) is 20.6. The van der Waals surface area contributed by atoms with Gasteiger partial charge in [-0.05, 0) is 36.8 Å². The summed E-state index contributed by atoms with van der Waals surface area (Å²) in [6.07, 6.45) is 1.61. The van der Waals surface area contributed by atoms with Crippen LogP contribution in [0.25, 0.3) is 10.9 Å². The van der Waals surface area contributed by atoms with E-state index in [1.807, 2.05) is 25.1 Å². The number of rotatable bonds is 2. The van der Waals surface area contributed by atoms with Gasteiger partial charge in [0.1, 0.15) is 11.0 Å². The molecule has 21 heavy (non-hydrogen) atoms. The summed E-state index contributed by atoms with van der Waals surface area (Å²) in [6.45, 7) is 1.98. The quantitative estimate of drug-likeness (QED) is 0.731. The Bertz CT molecular complexity index is 818. The highest BCUT2D eigenvalue weighted by molar-refractivity contribution is 6.33. The van der Waals surface area contributed by atoms with Crippen molar-refractivity contribution in [2.75, 3.05) is 5.32 Å². The van der Waals surface area contributed by atoms with Crippen LogP contribution in [0.15, 0.2) is 48.7 Å². The number of nitrogens with one attached hydrogen (secondary N) is 1. The Morgan fingerprint density at radius 1 is 1.19 bits per heavy atom. The van der Waals surface area contributed by atoms with Crippen LogP contribution < -0.4 is 5.32 Å². The molecule has 2 aromatic heterocycles. The van der Waals surface area contributed by atoms with E-state index in [-0.39, 0.29) is 11.1 Å². The molecule has 0 radical (unpaired) electrons. The number of pyridine rings is 2. The summed E-state index contributed by atoms with van der Waals surface area (Å²) in [5, 5.41) is 3.75. The first kappa shape index (κ1) is 13.5. The topological polar surface area (TPSA) is 54.9 Å². The summed E-state index contributed by atoms with van der Waals surface area (Å²) >= 11 is 6.12. The van der Waals surface area contributed by atoms with Gasteiger partial charge in [0.2, 0.25) is 0 Å². The summed E-state index contributed by atoms with van der Waals surface area (Å²) < 4.78 is 0. The number of amides is 1. The van der Waals surface area contributed by atoms with Gasteiger partial charge in [-0.1, -0.05) is 29.8 Å². The molecule has 0 unspecified atom stereocenters. The molecule has 0 fully saturated rings. The second-order valence-electron chi connectivity index (χ2n) is 4.69. The zero-order valence-electron chi connectivity index (χ0n) is 11.3. The minimum Gasteiger partial charge on any atom is -0.306 e. The second-order valence-corrected chi connectivity index (χ2v) is 5.05. The minimum atomic E-state index is -0.325. The van der Waals surface area contributed by atoms with Gasteiger partial charge in [0.25, 0.3) is 5.91 Å². The molecule has 0 spiro atoms. The SMILES string of the molecule is Cc1ccc2cc(C(=O)Nc3ccccn3)c(Cl)nc2c1. The van der Waals surface area contributed by atoms with E-state index in [0.717, 1.165) is 16.5 Å². The van der Waals surface area contributed by atoms with Crippen molar-refractivity contribution < 1.29 is 4.79 Å². The van der Waals surface area contributed by atoms with E-state index in [1.165, 1.54) is 0 Å². The van der Waals surface area contributed by atoms with Crippen LogP contribution in [0, 0.1) is 6.92 Å². The molecular weight excluding hydrogens is 286 g/mol. The van der Waals surface area contributed by atoms with Gasteiger partial charge in [0, 0.05) is 11.6 Å². The van der Waals surface area contributed by atoms with Gasteiger partial charge >= 0.3 is 0 Å². The van der Waals surface area contributed by atoms with Crippen molar-refractivity contribution in [1.29, 1.82) is 0 Å². The molecule has 3 rings (SSSR count). The standard InChI is InChI=1S/C16H12ClN3O/c1-10-5-6-11-9-12(15(17)19-13(11)8-10)16(21)20-14-4-2-3-7-18-14/h2-9H,1H3,(H,18,20,21). The maximum Gasteiger partial charge on any atom is 0.259 e. The fourth-order valence-electron chi connectivity index (χ4n) is 2.03. The Balaban J connectivity index is 1.98. The Morgan fingerprint density at radius 3 is 2.81 bits per heavy atom. The summed E-state index contributed by atoms with van der Waals surface area (Å²) in [6, 6.07) is 12.9. The highest BCUT2D eigenvalue weighted by atomic mass is 35.5. The molecule has 5 heteroatoms. The molecule has 104 valence electrons. The lowest BCUT2D eigenvalue weighted by molar-refractivity contribution is 0.102. The van der Waals surface area contributed by atoms with Crippen molar-refractivity contribution in [2.45, 2.75) is 6.92 Å². The van der Waals surface area contributed by atoms with Gasteiger partial charge in [-0.25, -0.2) is 9.97 Å². The van der Waals surface area contributed by atoms with Crippen molar-refractivity contribution in [3.8, 4) is 0 Å². The highest BCUT2D eigenvalue weighted by Gasteiger charge is 2.13. The molecule has 0 atom stereocenters. The maximum atomic E-state index is 12.3. The fraction of sp³-hybridized carbons (Fsp3) is 0.0625. The van der Waals surface area contributed by atoms with Crippen LogP contribution in [-0.2, 0) is 0 Å². The number of aromatic nitrogens is 2. The molecule has 3 aromatic rings. The highest BCUT2D eigenvalue weighted by Crippen LogP contribution is 2.22. The first-order chi connectivity index (χ1) is 10.1. The number of anilines is 1. The van der Waals surface area contributed by atoms with Gasteiger partial charge in [-0.15, -0.1) is 0 Å². The molecule has 0 aliphatic carbocycles. The maximum absolute atomic E-state index is 12.3. The van der Waals surface area contributed by atoms with E-state index in [9.17, 15) is 4.79 Å². The zero-order chi connectivity index (χ0) is 14.8. The van der Waals surface area contributed by atoms with E-state index in [2.05, 4.69) is 15.3 Å². The van der Waals surface area contributed by atoms with Gasteiger partial charge in [-0.2, -0.15) is 0 Å². The third kappa shape index (κ3) is 2.85. The summed E-state index contributed by atoms with van der Waals surface area (Å²) in [7, 11) is 0. The smallest absolute Gasteiger partial charge is 0.259 e. The van der Waals surface area contributed by atoms with E-state index in [1.54, 1.807) is 30.5 Å². The number of halogens is 1. The number of fused-ring (bicyclic) bond motifs is 1. The van der Waals surface area contributed by atoms with E-state index < -0.39 is 0 Å². The Labute approximate surface area is 126 Å². The van der Waals surface area contributed by atoms with Crippen LogP contribution in [-0.4, -0.2) is 15.9 Å². The van der Waals surface area contributed by atoms with Crippen LogP contribution in [0.5, 0.6) is 0 Å². The largest absolute Gasteiger partial charge is 0.306 e. The molecule has 1 amide bonds. The van der Waals surface area contributed by atoms with Crippen LogP contribution in [0.2, 0.25) is 5.15 Å². The lowest BCUT2D eigenvalue weighted by Gasteiger charge is -2.07. The molecule has 0 bridgehead atoms. The van der Waals surface area contributed by atoms with Gasteiger partial charge < -0.3 is 5.32 Å². The predicted octanol–water partition coefficient (Wildman–Crippen LogP) is 3.84. The first-order valence-corrected chi connectivity index (χ1v) is 6.80. The van der Waals surface area contributed by atoms with Crippen LogP contribution in [0.3, 0.4) is 0 Å². The monoisotopic (exact) mass is 297 g/mol. The lowest BCUT2D eigenvalue weighted by Crippen LogP contribution is -2.14. The predicted molar refractivity (Wildman–Crippen MR) is 83.7 cm³/mol. The van der Waals surface area contributed by atoms with E-state index >= 15 is 0 Å². The molecular formula is C16H12ClN3O. The zero-order valence-corrected chi connectivity index (χ0v) is 12.1. The fourth-order valence-corrected chi connectivity index (χ4v) is 2.26. The molecule has 0 saturated heterocycles. The van der Waals surface area contributed by atoms with Crippen molar-refractivity contribution >= 4 is 34.2 Å². The first-order valence-electron chi connectivity index (χ1n) is 6.43. The average molecular weight is 298 g/mol. The number of hydrogen-bond donors (Lipinski definition) is 1. The number of hydrogen-bond acceptors (Lipinski definition) is 3. The third-order valence-corrected chi connectivity index (χ3v) is 3.37. The minimum absolute atomic E-state index is 0.182. The number of aryl methyl sites for hydroxylation is 1. The average Bonchev–Trinajstić information content (AvgIpc) is 2.47. The number of carbonyl (C=O) groups excluding carboxylic acids is 1. The second kappa shape index (κ2) is 5.50. The normalized spacial score (nSPS) is 10.6. The van der Waals surface area contributed by atoms with Crippen molar-refractivity contribution in [3.05, 3.63) is 64.9 Å². The molecule has 0 aliphatic rings. The van der Waals surface area contributed by atoms with Crippen molar-refractivity contribution in [1.82, 2.24) is 9.97 Å². The molecule has 1 aromatic carbocycles. The van der Waals surface area contributed by atoms with E-state index in [0.29, 0.717) is 11.4 Å². The molecule has 2 heterocycles. The number of benzene rings is 1. The molecule has 1 N–H and O–H groups in total. The Kier molecular flexibility index (Phi) is 3.54. The summed E-state index contributed by atoms with van der Waals surface area (Å²) in [5.41, 5.74) is 2.20. The number of carbonyl (C=O) groups is 1.